The lowest BCUT2D eigenvalue weighted by Crippen LogP contribution is -2.35. The highest BCUT2D eigenvalue weighted by atomic mass is 35.5. The Morgan fingerprint density at radius 1 is 1.48 bits per heavy atom. The molecule has 0 aromatic carbocycles. The average Bonchev–Trinajstić information content (AvgIpc) is 3.16. The first-order valence-electron chi connectivity index (χ1n) is 6.02. The lowest BCUT2D eigenvalue weighted by atomic mass is 10.4. The van der Waals surface area contributed by atoms with Crippen molar-refractivity contribution in [2.24, 2.45) is 5.92 Å². The van der Waals surface area contributed by atoms with Crippen molar-refractivity contribution in [2.75, 3.05) is 13.1 Å². The molecular weight excluding hydrogens is 342 g/mol. The number of hydrogen-bond acceptors (Lipinski definition) is 6. The number of rotatable bonds is 7. The van der Waals surface area contributed by atoms with Crippen molar-refractivity contribution in [3.63, 3.8) is 0 Å². The molecule has 21 heavy (non-hydrogen) atoms. The number of amides is 1. The molecule has 1 heterocycles. The van der Waals surface area contributed by atoms with Crippen LogP contribution in [0.3, 0.4) is 0 Å². The summed E-state index contributed by atoms with van der Waals surface area (Å²) in [6.07, 6.45) is 1.74. The monoisotopic (exact) mass is 353 g/mol. The summed E-state index contributed by atoms with van der Waals surface area (Å²) in [4.78, 5) is 21.2. The van der Waals surface area contributed by atoms with Crippen molar-refractivity contribution in [1.82, 2.24) is 10.0 Å². The van der Waals surface area contributed by atoms with E-state index < -0.39 is 20.6 Å². The highest BCUT2D eigenvalue weighted by Crippen LogP contribution is 2.36. The maximum Gasteiger partial charge on any atom is 0.300 e. The maximum atomic E-state index is 11.9. The molecule has 0 saturated heterocycles. The summed E-state index contributed by atoms with van der Waals surface area (Å²) < 4.78 is 25.7. The van der Waals surface area contributed by atoms with Gasteiger partial charge in [0.05, 0.1) is 4.92 Å². The van der Waals surface area contributed by atoms with Crippen LogP contribution in [0.1, 0.15) is 12.8 Å². The second-order valence-electron chi connectivity index (χ2n) is 4.44. The minimum atomic E-state index is -3.87. The predicted octanol–water partition coefficient (Wildman–Crippen LogP) is 1.11. The highest BCUT2D eigenvalue weighted by molar-refractivity contribution is 7.91. The van der Waals surface area contributed by atoms with E-state index in [9.17, 15) is 23.3 Å². The van der Waals surface area contributed by atoms with E-state index in [1.807, 2.05) is 0 Å². The van der Waals surface area contributed by atoms with Gasteiger partial charge in [0.15, 0.2) is 4.34 Å². The van der Waals surface area contributed by atoms with Crippen LogP contribution in [0.2, 0.25) is 4.34 Å². The van der Waals surface area contributed by atoms with Crippen molar-refractivity contribution < 1.29 is 18.1 Å². The van der Waals surface area contributed by atoms with Gasteiger partial charge in [-0.2, -0.15) is 0 Å². The standard InChI is InChI=1S/C10H12ClN3O5S2/c11-9-7(14(16)17)5-8(20-9)21(18,19)13-4-3-12-10(15)6-1-2-6/h5-6,13H,1-4H2,(H,12,15). The molecule has 1 amide bonds. The molecule has 0 bridgehead atoms. The van der Waals surface area contributed by atoms with Gasteiger partial charge in [0.25, 0.3) is 5.69 Å². The Balaban J connectivity index is 1.90. The van der Waals surface area contributed by atoms with E-state index >= 15 is 0 Å². The van der Waals surface area contributed by atoms with Gasteiger partial charge in [0.2, 0.25) is 15.9 Å². The molecule has 0 radical (unpaired) electrons. The van der Waals surface area contributed by atoms with Gasteiger partial charge in [-0.3, -0.25) is 14.9 Å². The summed E-state index contributed by atoms with van der Waals surface area (Å²) in [5.74, 6) is -0.0237. The number of nitro groups is 1. The van der Waals surface area contributed by atoms with Crippen LogP contribution in [-0.2, 0) is 14.8 Å². The molecule has 1 aromatic heterocycles. The molecule has 0 unspecified atom stereocenters. The third-order valence-electron chi connectivity index (χ3n) is 2.77. The zero-order valence-corrected chi connectivity index (χ0v) is 13.1. The summed E-state index contributed by atoms with van der Waals surface area (Å²) in [6.45, 7) is 0.167. The molecule has 11 heteroatoms. The fourth-order valence-corrected chi connectivity index (χ4v) is 4.27. The Hall–Kier alpha value is -1.23. The fraction of sp³-hybridized carbons (Fsp3) is 0.500. The van der Waals surface area contributed by atoms with Crippen LogP contribution in [0.15, 0.2) is 10.3 Å². The van der Waals surface area contributed by atoms with E-state index in [-0.39, 0.29) is 33.5 Å². The van der Waals surface area contributed by atoms with Crippen LogP contribution in [0.5, 0.6) is 0 Å². The number of sulfonamides is 1. The number of thiophene rings is 1. The van der Waals surface area contributed by atoms with E-state index in [1.165, 1.54) is 0 Å². The van der Waals surface area contributed by atoms with Gasteiger partial charge in [-0.15, -0.1) is 11.3 Å². The van der Waals surface area contributed by atoms with Gasteiger partial charge in [-0.05, 0) is 12.8 Å². The van der Waals surface area contributed by atoms with Gasteiger partial charge in [-0.25, -0.2) is 13.1 Å². The third kappa shape index (κ3) is 4.13. The van der Waals surface area contributed by atoms with Crippen molar-refractivity contribution in [2.45, 2.75) is 17.1 Å². The fourth-order valence-electron chi connectivity index (χ4n) is 1.53. The molecule has 8 nitrogen and oxygen atoms in total. The van der Waals surface area contributed by atoms with Gasteiger partial charge >= 0.3 is 0 Å². The number of hydrogen-bond donors (Lipinski definition) is 2. The molecule has 1 aliphatic rings. The molecule has 1 fully saturated rings. The van der Waals surface area contributed by atoms with Crippen molar-refractivity contribution in [3.05, 3.63) is 20.5 Å². The van der Waals surface area contributed by atoms with Crippen LogP contribution in [-0.4, -0.2) is 32.3 Å². The maximum absolute atomic E-state index is 11.9. The molecule has 116 valence electrons. The Morgan fingerprint density at radius 3 is 2.67 bits per heavy atom. The molecule has 1 saturated carbocycles. The second kappa shape index (κ2) is 6.26. The normalized spacial score (nSPS) is 14.9. The summed E-state index contributed by atoms with van der Waals surface area (Å²) in [5.41, 5.74) is -0.441. The van der Waals surface area contributed by atoms with Crippen molar-refractivity contribution in [1.29, 1.82) is 0 Å². The Kier molecular flexibility index (Phi) is 4.81. The zero-order chi connectivity index (χ0) is 15.6. The van der Waals surface area contributed by atoms with E-state index in [1.54, 1.807) is 0 Å². The van der Waals surface area contributed by atoms with Crippen LogP contribution < -0.4 is 10.0 Å². The molecule has 2 rings (SSSR count). The number of nitrogens with one attached hydrogen (secondary N) is 2. The van der Waals surface area contributed by atoms with Crippen LogP contribution in [0.25, 0.3) is 0 Å². The number of carbonyl (C=O) groups is 1. The minimum Gasteiger partial charge on any atom is -0.355 e. The van der Waals surface area contributed by atoms with Crippen molar-refractivity contribution in [3.8, 4) is 0 Å². The third-order valence-corrected chi connectivity index (χ3v) is 6.04. The second-order valence-corrected chi connectivity index (χ2v) is 8.09. The van der Waals surface area contributed by atoms with Gasteiger partial charge in [0, 0.05) is 25.1 Å². The smallest absolute Gasteiger partial charge is 0.300 e. The predicted molar refractivity (Wildman–Crippen MR) is 76.9 cm³/mol. The molecule has 1 aromatic rings. The summed E-state index contributed by atoms with van der Waals surface area (Å²) >= 11 is 6.23. The first-order chi connectivity index (χ1) is 9.81. The van der Waals surface area contributed by atoms with Gasteiger partial charge < -0.3 is 5.32 Å². The van der Waals surface area contributed by atoms with E-state index in [2.05, 4.69) is 10.0 Å². The topological polar surface area (TPSA) is 118 Å². The highest BCUT2D eigenvalue weighted by Gasteiger charge is 2.29. The molecule has 0 aliphatic heterocycles. The summed E-state index contributed by atoms with van der Waals surface area (Å²) in [5, 5.41) is 13.2. The lowest BCUT2D eigenvalue weighted by molar-refractivity contribution is -0.384. The summed E-state index contributed by atoms with van der Waals surface area (Å²) in [7, 11) is -3.87. The molecule has 2 N–H and O–H groups in total. The van der Waals surface area contributed by atoms with E-state index in [0.29, 0.717) is 11.3 Å². The number of halogens is 1. The van der Waals surface area contributed by atoms with Crippen molar-refractivity contribution >= 4 is 44.6 Å². The number of nitrogens with zero attached hydrogens (tertiary/aromatic N) is 1. The lowest BCUT2D eigenvalue weighted by Gasteiger charge is -2.05. The molecule has 0 atom stereocenters. The van der Waals surface area contributed by atoms with Gasteiger partial charge in [0.1, 0.15) is 4.21 Å². The summed E-state index contributed by atoms with van der Waals surface area (Å²) in [6, 6.07) is 0.915. The van der Waals surface area contributed by atoms with Gasteiger partial charge in [-0.1, -0.05) is 11.6 Å². The van der Waals surface area contributed by atoms with E-state index in [0.717, 1.165) is 18.9 Å². The van der Waals surface area contributed by atoms with E-state index in [4.69, 9.17) is 11.6 Å². The quantitative estimate of drug-likeness (QED) is 0.432. The largest absolute Gasteiger partial charge is 0.355 e. The average molecular weight is 354 g/mol. The Morgan fingerprint density at radius 2 is 2.14 bits per heavy atom. The first-order valence-corrected chi connectivity index (χ1v) is 8.70. The number of carbonyl (C=O) groups excluding carboxylic acids is 1. The molecule has 0 spiro atoms. The molecular formula is C10H12ClN3O5S2. The van der Waals surface area contributed by atoms with Crippen LogP contribution >= 0.6 is 22.9 Å². The first kappa shape index (κ1) is 16.1. The SMILES string of the molecule is O=C(NCCNS(=O)(=O)c1cc([N+](=O)[O-])c(Cl)s1)C1CC1. The minimum absolute atomic E-state index is 0.00408. The zero-order valence-electron chi connectivity index (χ0n) is 10.7. The van der Waals surface area contributed by atoms with Crippen LogP contribution in [0, 0.1) is 16.0 Å². The van der Waals surface area contributed by atoms with Crippen LogP contribution in [0.4, 0.5) is 5.69 Å². The Bertz CT molecular complexity index is 668. The Labute approximate surface area is 129 Å². The molecule has 1 aliphatic carbocycles.